The Kier molecular flexibility index (Phi) is 3.82. The van der Waals surface area contributed by atoms with E-state index in [9.17, 15) is 5.11 Å². The number of aromatic nitrogens is 2. The van der Waals surface area contributed by atoms with Crippen LogP contribution < -0.4 is 4.74 Å². The van der Waals surface area contributed by atoms with Gasteiger partial charge in [0.05, 0.1) is 29.6 Å². The molecule has 0 atom stereocenters. The fourth-order valence-corrected chi connectivity index (χ4v) is 2.54. The third-order valence-corrected chi connectivity index (χ3v) is 3.50. The van der Waals surface area contributed by atoms with Gasteiger partial charge >= 0.3 is 0 Å². The first-order valence-corrected chi connectivity index (χ1v) is 7.12. The highest BCUT2D eigenvalue weighted by atomic mass is 35.5. The number of pyridine rings is 1. The second kappa shape index (κ2) is 5.76. The molecule has 0 fully saturated rings. The van der Waals surface area contributed by atoms with Gasteiger partial charge in [-0.05, 0) is 31.2 Å². The Morgan fingerprint density at radius 3 is 2.81 bits per heavy atom. The number of ether oxygens (including phenoxy) is 1. The molecule has 21 heavy (non-hydrogen) atoms. The van der Waals surface area contributed by atoms with Gasteiger partial charge in [0.25, 0.3) is 0 Å². The Morgan fingerprint density at radius 2 is 2.05 bits per heavy atom. The van der Waals surface area contributed by atoms with Crippen molar-refractivity contribution in [2.24, 2.45) is 0 Å². The maximum atomic E-state index is 9.73. The lowest BCUT2D eigenvalue weighted by atomic mass is 10.1. The normalized spacial score (nSPS) is 11.0. The maximum absolute atomic E-state index is 9.73. The molecule has 0 aliphatic rings. The van der Waals surface area contributed by atoms with E-state index in [2.05, 4.69) is 4.98 Å². The Bertz CT molecular complexity index is 783. The van der Waals surface area contributed by atoms with Crippen molar-refractivity contribution in [2.75, 3.05) is 6.61 Å². The Hall–Kier alpha value is -2.04. The zero-order valence-electron chi connectivity index (χ0n) is 11.6. The summed E-state index contributed by atoms with van der Waals surface area (Å²) >= 11 is 6.03. The molecule has 0 unspecified atom stereocenters. The number of aliphatic hydroxyl groups is 1. The van der Waals surface area contributed by atoms with Crippen LogP contribution >= 0.6 is 11.6 Å². The number of halogens is 1. The first kappa shape index (κ1) is 13.9. The molecule has 0 radical (unpaired) electrons. The molecule has 4 nitrogen and oxygen atoms in total. The molecule has 0 aliphatic heterocycles. The van der Waals surface area contributed by atoms with Crippen LogP contribution in [-0.4, -0.2) is 21.1 Å². The molecule has 0 spiro atoms. The van der Waals surface area contributed by atoms with Crippen LogP contribution in [0.3, 0.4) is 0 Å². The Labute approximate surface area is 127 Å². The largest absolute Gasteiger partial charge is 0.493 e. The second-order valence-corrected chi connectivity index (χ2v) is 5.01. The van der Waals surface area contributed by atoms with Gasteiger partial charge in [-0.1, -0.05) is 23.7 Å². The molecule has 0 amide bonds. The summed E-state index contributed by atoms with van der Waals surface area (Å²) in [6.07, 6.45) is 1.75. The van der Waals surface area contributed by atoms with Crippen molar-refractivity contribution in [3.8, 4) is 17.0 Å². The molecule has 108 valence electrons. The van der Waals surface area contributed by atoms with Gasteiger partial charge in [-0.3, -0.25) is 4.40 Å². The highest BCUT2D eigenvalue weighted by Gasteiger charge is 2.16. The van der Waals surface area contributed by atoms with Gasteiger partial charge in [-0.25, -0.2) is 4.98 Å². The summed E-state index contributed by atoms with van der Waals surface area (Å²) in [5, 5.41) is 10.3. The number of nitrogens with zero attached hydrogens (tertiary/aromatic N) is 2. The molecule has 0 saturated carbocycles. The van der Waals surface area contributed by atoms with Crippen molar-refractivity contribution in [3.63, 3.8) is 0 Å². The molecule has 2 heterocycles. The summed E-state index contributed by atoms with van der Waals surface area (Å²) in [6.45, 7) is 2.38. The van der Waals surface area contributed by atoms with Gasteiger partial charge in [0.1, 0.15) is 11.4 Å². The smallest absolute Gasteiger partial charge is 0.137 e. The zero-order valence-corrected chi connectivity index (χ0v) is 12.3. The first-order chi connectivity index (χ1) is 10.2. The van der Waals surface area contributed by atoms with E-state index >= 15 is 0 Å². The molecule has 1 aromatic carbocycles. The lowest BCUT2D eigenvalue weighted by Gasteiger charge is -2.09. The first-order valence-electron chi connectivity index (χ1n) is 6.74. The number of imidazole rings is 1. The molecule has 3 rings (SSSR count). The summed E-state index contributed by atoms with van der Waals surface area (Å²) in [4.78, 5) is 4.60. The number of hydrogen-bond donors (Lipinski definition) is 1. The number of aliphatic hydroxyl groups excluding tert-OH is 1. The summed E-state index contributed by atoms with van der Waals surface area (Å²) in [7, 11) is 0. The predicted molar refractivity (Wildman–Crippen MR) is 82.7 cm³/mol. The predicted octanol–water partition coefficient (Wildman–Crippen LogP) is 3.55. The van der Waals surface area contributed by atoms with Crippen LogP contribution in [0, 0.1) is 0 Å². The molecule has 0 aliphatic carbocycles. The van der Waals surface area contributed by atoms with E-state index in [-0.39, 0.29) is 6.61 Å². The third-order valence-electron chi connectivity index (χ3n) is 3.27. The highest BCUT2D eigenvalue weighted by Crippen LogP contribution is 2.32. The fraction of sp³-hybridized carbons (Fsp3) is 0.188. The van der Waals surface area contributed by atoms with E-state index in [0.717, 1.165) is 17.0 Å². The third kappa shape index (κ3) is 2.48. The standard InChI is InChI=1S/C16H15ClN2O2/c1-2-21-14-6-4-3-5-12(14)16-13(10-20)19-9-11(17)7-8-15(19)18-16/h3-9,20H,2,10H2,1H3. The maximum Gasteiger partial charge on any atom is 0.137 e. The van der Waals surface area contributed by atoms with Crippen molar-refractivity contribution in [1.82, 2.24) is 9.38 Å². The Balaban J connectivity index is 2.25. The molecule has 0 bridgehead atoms. The van der Waals surface area contributed by atoms with Gasteiger partial charge in [-0.15, -0.1) is 0 Å². The van der Waals surface area contributed by atoms with E-state index in [1.807, 2.05) is 37.3 Å². The lowest BCUT2D eigenvalue weighted by Crippen LogP contribution is -1.97. The minimum absolute atomic E-state index is 0.128. The molecule has 0 saturated heterocycles. The van der Waals surface area contributed by atoms with Gasteiger partial charge in [0.2, 0.25) is 0 Å². The number of rotatable bonds is 4. The second-order valence-electron chi connectivity index (χ2n) is 4.57. The van der Waals surface area contributed by atoms with Gasteiger partial charge < -0.3 is 9.84 Å². The van der Waals surface area contributed by atoms with Crippen LogP contribution in [-0.2, 0) is 6.61 Å². The van der Waals surface area contributed by atoms with Crippen molar-refractivity contribution in [2.45, 2.75) is 13.5 Å². The summed E-state index contributed by atoms with van der Waals surface area (Å²) < 4.78 is 7.46. The van der Waals surface area contributed by atoms with Crippen LogP contribution in [0.25, 0.3) is 16.9 Å². The fourth-order valence-electron chi connectivity index (χ4n) is 2.38. The molecule has 5 heteroatoms. The number of fused-ring (bicyclic) bond motifs is 1. The molecule has 1 N–H and O–H groups in total. The highest BCUT2D eigenvalue weighted by molar-refractivity contribution is 6.30. The topological polar surface area (TPSA) is 46.8 Å². The van der Waals surface area contributed by atoms with E-state index in [1.54, 1.807) is 16.7 Å². The van der Waals surface area contributed by atoms with Crippen LogP contribution in [0.5, 0.6) is 5.75 Å². The zero-order chi connectivity index (χ0) is 14.8. The molecular weight excluding hydrogens is 288 g/mol. The van der Waals surface area contributed by atoms with Crippen LogP contribution in [0.15, 0.2) is 42.6 Å². The van der Waals surface area contributed by atoms with E-state index in [0.29, 0.717) is 23.0 Å². The van der Waals surface area contributed by atoms with Crippen molar-refractivity contribution in [1.29, 1.82) is 0 Å². The van der Waals surface area contributed by atoms with Crippen molar-refractivity contribution >= 4 is 17.2 Å². The Morgan fingerprint density at radius 1 is 1.24 bits per heavy atom. The van der Waals surface area contributed by atoms with E-state index in [4.69, 9.17) is 16.3 Å². The molecule has 3 aromatic rings. The lowest BCUT2D eigenvalue weighted by molar-refractivity contribution is 0.276. The van der Waals surface area contributed by atoms with Crippen LogP contribution in [0.2, 0.25) is 5.02 Å². The summed E-state index contributed by atoms with van der Waals surface area (Å²) in [5.74, 6) is 0.754. The average molecular weight is 303 g/mol. The minimum Gasteiger partial charge on any atom is -0.493 e. The monoisotopic (exact) mass is 302 g/mol. The quantitative estimate of drug-likeness (QED) is 0.802. The van der Waals surface area contributed by atoms with Crippen molar-refractivity contribution in [3.05, 3.63) is 53.3 Å². The summed E-state index contributed by atoms with van der Waals surface area (Å²) in [5.41, 5.74) is 3.01. The average Bonchev–Trinajstić information content (AvgIpc) is 2.85. The SMILES string of the molecule is CCOc1ccccc1-c1nc2ccc(Cl)cn2c1CO. The molecular formula is C16H15ClN2O2. The van der Waals surface area contributed by atoms with Gasteiger partial charge in [-0.2, -0.15) is 0 Å². The number of para-hydroxylation sites is 1. The van der Waals surface area contributed by atoms with Crippen LogP contribution in [0.4, 0.5) is 0 Å². The van der Waals surface area contributed by atoms with Gasteiger partial charge in [0.15, 0.2) is 0 Å². The van der Waals surface area contributed by atoms with Crippen molar-refractivity contribution < 1.29 is 9.84 Å². The van der Waals surface area contributed by atoms with E-state index < -0.39 is 0 Å². The van der Waals surface area contributed by atoms with E-state index in [1.165, 1.54) is 0 Å². The number of benzene rings is 1. The van der Waals surface area contributed by atoms with Gasteiger partial charge in [0, 0.05) is 11.8 Å². The van der Waals surface area contributed by atoms with Crippen LogP contribution in [0.1, 0.15) is 12.6 Å². The summed E-state index contributed by atoms with van der Waals surface area (Å²) in [6, 6.07) is 11.3. The minimum atomic E-state index is -0.128. The number of hydrogen-bond acceptors (Lipinski definition) is 3. The molecule has 2 aromatic heterocycles.